The number of piperazine rings is 1. The number of hydrogen-bond acceptors (Lipinski definition) is 6. The number of nitrogens with one attached hydrogen (secondary N) is 2. The summed E-state index contributed by atoms with van der Waals surface area (Å²) in [5.74, 6) is 0.716. The van der Waals surface area contributed by atoms with Gasteiger partial charge in [0.05, 0.1) is 4.70 Å². The van der Waals surface area contributed by atoms with Crippen LogP contribution in [0.2, 0.25) is 0 Å². The van der Waals surface area contributed by atoms with Crippen LogP contribution in [0.1, 0.15) is 6.92 Å². The molecule has 0 aliphatic carbocycles. The van der Waals surface area contributed by atoms with Crippen molar-refractivity contribution in [3.8, 4) is 0 Å². The van der Waals surface area contributed by atoms with Crippen molar-refractivity contribution >= 4 is 45.1 Å². The second kappa shape index (κ2) is 8.44. The van der Waals surface area contributed by atoms with E-state index in [1.165, 1.54) is 11.5 Å². The number of benzene rings is 1. The molecule has 4 rings (SSSR count). The Bertz CT molecular complexity index is 1000. The molecule has 0 spiro atoms. The summed E-state index contributed by atoms with van der Waals surface area (Å²) in [6.45, 7) is 4.25. The Morgan fingerprint density at radius 2 is 1.79 bits per heavy atom. The fourth-order valence-electron chi connectivity index (χ4n) is 3.25. The quantitative estimate of drug-likeness (QED) is 0.690. The molecule has 1 saturated heterocycles. The van der Waals surface area contributed by atoms with E-state index in [4.69, 9.17) is 0 Å². The number of nitrogens with zero attached hydrogens (tertiary/aromatic N) is 4. The van der Waals surface area contributed by atoms with Gasteiger partial charge in [-0.1, -0.05) is 12.1 Å². The van der Waals surface area contributed by atoms with E-state index in [0.29, 0.717) is 31.9 Å². The molecule has 1 aliphatic rings. The van der Waals surface area contributed by atoms with Crippen molar-refractivity contribution in [3.63, 3.8) is 0 Å². The summed E-state index contributed by atoms with van der Waals surface area (Å²) in [6, 6.07) is 10.7. The monoisotopic (exact) mass is 410 g/mol. The Labute approximate surface area is 172 Å². The fourth-order valence-corrected chi connectivity index (χ4v) is 4.05. The minimum absolute atomic E-state index is 0.231. The number of amides is 3. The number of urea groups is 1. The highest BCUT2D eigenvalue weighted by atomic mass is 32.1. The van der Waals surface area contributed by atoms with E-state index < -0.39 is 6.04 Å². The first-order valence-corrected chi connectivity index (χ1v) is 10.2. The topological polar surface area (TPSA) is 90.5 Å². The molecule has 8 nitrogen and oxygen atoms in total. The first-order valence-electron chi connectivity index (χ1n) is 9.47. The Balaban J connectivity index is 1.30. The number of carbonyl (C=O) groups is 2. The molecule has 1 aliphatic heterocycles. The third-order valence-electron chi connectivity index (χ3n) is 4.91. The van der Waals surface area contributed by atoms with Gasteiger partial charge in [-0.25, -0.2) is 4.79 Å². The SMILES string of the molecule is C[C@@H](NC(=O)N1CCN(c2nsc3ccccc23)CC1)C(=O)Nc1ccncc1. The zero-order chi connectivity index (χ0) is 20.2. The van der Waals surface area contributed by atoms with Gasteiger partial charge in [0.2, 0.25) is 5.91 Å². The van der Waals surface area contributed by atoms with Crippen molar-refractivity contribution in [2.24, 2.45) is 0 Å². The van der Waals surface area contributed by atoms with Gasteiger partial charge >= 0.3 is 6.03 Å². The number of aromatic nitrogens is 2. The van der Waals surface area contributed by atoms with Gasteiger partial charge in [-0.2, -0.15) is 4.37 Å². The standard InChI is InChI=1S/C20H22N6O2S/c1-14(19(27)23-15-6-8-21-9-7-15)22-20(28)26-12-10-25(11-13-26)18-16-4-2-3-5-17(16)29-24-18/h2-9,14H,10-13H2,1H3,(H,22,28)(H,21,23,27)/t14-/m1/s1. The molecular weight excluding hydrogens is 388 g/mol. The summed E-state index contributed by atoms with van der Waals surface area (Å²) in [7, 11) is 0. The predicted molar refractivity (Wildman–Crippen MR) is 114 cm³/mol. The molecule has 3 heterocycles. The highest BCUT2D eigenvalue weighted by Gasteiger charge is 2.25. The van der Waals surface area contributed by atoms with Crippen molar-refractivity contribution in [3.05, 3.63) is 48.8 Å². The molecule has 1 atom stereocenters. The molecule has 29 heavy (non-hydrogen) atoms. The van der Waals surface area contributed by atoms with Gasteiger partial charge in [-0.05, 0) is 42.7 Å². The van der Waals surface area contributed by atoms with E-state index in [9.17, 15) is 9.59 Å². The maximum absolute atomic E-state index is 12.6. The number of hydrogen-bond donors (Lipinski definition) is 2. The van der Waals surface area contributed by atoms with Crippen LogP contribution >= 0.6 is 11.5 Å². The number of anilines is 2. The molecule has 0 radical (unpaired) electrons. The molecule has 150 valence electrons. The maximum atomic E-state index is 12.6. The Kier molecular flexibility index (Phi) is 5.57. The number of carbonyl (C=O) groups excluding carboxylic acids is 2. The Hall–Kier alpha value is -3.20. The molecule has 1 aromatic carbocycles. The van der Waals surface area contributed by atoms with Gasteiger partial charge in [0, 0.05) is 49.6 Å². The average Bonchev–Trinajstić information content (AvgIpc) is 3.18. The predicted octanol–water partition coefficient (Wildman–Crippen LogP) is 2.55. The van der Waals surface area contributed by atoms with Gasteiger partial charge in [0.1, 0.15) is 11.9 Å². The summed E-state index contributed by atoms with van der Waals surface area (Å²) < 4.78 is 5.76. The van der Waals surface area contributed by atoms with Crippen LogP contribution in [-0.2, 0) is 4.79 Å². The summed E-state index contributed by atoms with van der Waals surface area (Å²) in [4.78, 5) is 32.7. The van der Waals surface area contributed by atoms with Gasteiger partial charge in [-0.15, -0.1) is 0 Å². The third-order valence-corrected chi connectivity index (χ3v) is 5.72. The second-order valence-electron chi connectivity index (χ2n) is 6.87. The molecule has 2 N–H and O–H groups in total. The van der Waals surface area contributed by atoms with Crippen molar-refractivity contribution < 1.29 is 9.59 Å². The third kappa shape index (κ3) is 4.29. The van der Waals surface area contributed by atoms with Gasteiger partial charge < -0.3 is 20.4 Å². The zero-order valence-corrected chi connectivity index (χ0v) is 16.9. The lowest BCUT2D eigenvalue weighted by Gasteiger charge is -2.35. The lowest BCUT2D eigenvalue weighted by molar-refractivity contribution is -0.117. The van der Waals surface area contributed by atoms with Crippen LogP contribution in [0.5, 0.6) is 0 Å². The van der Waals surface area contributed by atoms with Crippen molar-refractivity contribution in [2.75, 3.05) is 36.4 Å². The van der Waals surface area contributed by atoms with E-state index in [1.54, 1.807) is 36.4 Å². The van der Waals surface area contributed by atoms with E-state index in [-0.39, 0.29) is 11.9 Å². The minimum atomic E-state index is -0.642. The summed E-state index contributed by atoms with van der Waals surface area (Å²) in [5.41, 5.74) is 0.648. The number of fused-ring (bicyclic) bond motifs is 1. The maximum Gasteiger partial charge on any atom is 0.318 e. The molecule has 0 unspecified atom stereocenters. The Morgan fingerprint density at radius 3 is 2.55 bits per heavy atom. The highest BCUT2D eigenvalue weighted by Crippen LogP contribution is 2.29. The molecule has 0 bridgehead atoms. The van der Waals surface area contributed by atoms with Crippen LogP contribution in [0.25, 0.3) is 10.1 Å². The van der Waals surface area contributed by atoms with Crippen molar-refractivity contribution in [2.45, 2.75) is 13.0 Å². The zero-order valence-electron chi connectivity index (χ0n) is 16.0. The van der Waals surface area contributed by atoms with E-state index in [1.807, 2.05) is 12.1 Å². The largest absolute Gasteiger partial charge is 0.352 e. The molecule has 0 saturated carbocycles. The van der Waals surface area contributed by atoms with Crippen LogP contribution in [-0.4, -0.2) is 58.4 Å². The summed E-state index contributed by atoms with van der Waals surface area (Å²) >= 11 is 1.49. The highest BCUT2D eigenvalue weighted by molar-refractivity contribution is 7.13. The first kappa shape index (κ1) is 19.1. The van der Waals surface area contributed by atoms with Crippen molar-refractivity contribution in [1.82, 2.24) is 19.6 Å². The van der Waals surface area contributed by atoms with Crippen LogP contribution in [0.4, 0.5) is 16.3 Å². The summed E-state index contributed by atoms with van der Waals surface area (Å²) in [5, 5.41) is 6.69. The average molecular weight is 411 g/mol. The lowest BCUT2D eigenvalue weighted by Crippen LogP contribution is -2.54. The van der Waals surface area contributed by atoms with Crippen molar-refractivity contribution in [1.29, 1.82) is 0 Å². The van der Waals surface area contributed by atoms with Gasteiger partial charge in [-0.3, -0.25) is 9.78 Å². The molecule has 1 fully saturated rings. The number of pyridine rings is 1. The molecule has 3 amide bonds. The fraction of sp³-hybridized carbons (Fsp3) is 0.300. The van der Waals surface area contributed by atoms with E-state index >= 15 is 0 Å². The summed E-state index contributed by atoms with van der Waals surface area (Å²) in [6.07, 6.45) is 3.20. The van der Waals surface area contributed by atoms with Gasteiger partial charge in [0.15, 0.2) is 0 Å². The van der Waals surface area contributed by atoms with Crippen LogP contribution < -0.4 is 15.5 Å². The number of rotatable bonds is 4. The van der Waals surface area contributed by atoms with Crippen LogP contribution in [0.15, 0.2) is 48.8 Å². The molecule has 9 heteroatoms. The molecule has 2 aromatic heterocycles. The molecular formula is C20H22N6O2S. The second-order valence-corrected chi connectivity index (χ2v) is 7.68. The van der Waals surface area contributed by atoms with Crippen LogP contribution in [0.3, 0.4) is 0 Å². The molecule has 3 aromatic rings. The lowest BCUT2D eigenvalue weighted by atomic mass is 10.2. The first-order chi connectivity index (χ1) is 14.1. The van der Waals surface area contributed by atoms with E-state index in [2.05, 4.69) is 37.0 Å². The van der Waals surface area contributed by atoms with Gasteiger partial charge in [0.25, 0.3) is 0 Å². The smallest absolute Gasteiger partial charge is 0.318 e. The normalized spacial score (nSPS) is 15.2. The van der Waals surface area contributed by atoms with E-state index in [0.717, 1.165) is 15.9 Å². The minimum Gasteiger partial charge on any atom is -0.352 e. The van der Waals surface area contributed by atoms with Crippen LogP contribution in [0, 0.1) is 0 Å². The Morgan fingerprint density at radius 1 is 1.07 bits per heavy atom.